The summed E-state index contributed by atoms with van der Waals surface area (Å²) in [6.45, 7) is 4.48. The van der Waals surface area contributed by atoms with E-state index in [9.17, 15) is 0 Å². The second kappa shape index (κ2) is 5.63. The smallest absolute Gasteiger partial charge is 0.0614 e. The van der Waals surface area contributed by atoms with E-state index >= 15 is 0 Å². The molecule has 0 aliphatic carbocycles. The molecule has 0 radical (unpaired) electrons. The zero-order valence-corrected chi connectivity index (χ0v) is 11.2. The molecular weight excluding hydrogens is 232 g/mol. The second-order valence-electron chi connectivity index (χ2n) is 4.90. The van der Waals surface area contributed by atoms with E-state index in [2.05, 4.69) is 11.8 Å². The quantitative estimate of drug-likeness (QED) is 0.808. The molecule has 0 saturated carbocycles. The van der Waals surface area contributed by atoms with Crippen molar-refractivity contribution in [3.8, 4) is 0 Å². The molecule has 1 heterocycles. The lowest BCUT2D eigenvalue weighted by Gasteiger charge is -2.24. The molecule has 17 heavy (non-hydrogen) atoms. The summed E-state index contributed by atoms with van der Waals surface area (Å²) in [6.07, 6.45) is 5.15. The maximum Gasteiger partial charge on any atom is 0.0614 e. The number of nitrogens with zero attached hydrogens (tertiary/aromatic N) is 1. The Hall–Kier alpha value is -0.890. The van der Waals surface area contributed by atoms with Crippen LogP contribution in [0.5, 0.6) is 0 Å². The standard InChI is InChI=1S/C14H21ClN2/c1-2-11-4-3-8-17(9-7-11)14-10-12(15)5-6-13(14)16/h5-6,10-11H,2-4,7-9,16H2,1H3. The number of nitrogens with two attached hydrogens (primary N) is 1. The van der Waals surface area contributed by atoms with Gasteiger partial charge in [0, 0.05) is 18.1 Å². The molecule has 1 aliphatic rings. The molecular formula is C14H21ClN2. The van der Waals surface area contributed by atoms with Gasteiger partial charge in [-0.25, -0.2) is 0 Å². The maximum absolute atomic E-state index is 6.05. The van der Waals surface area contributed by atoms with E-state index in [0.717, 1.165) is 35.4 Å². The van der Waals surface area contributed by atoms with Crippen molar-refractivity contribution in [3.05, 3.63) is 23.2 Å². The first-order valence-electron chi connectivity index (χ1n) is 6.50. The van der Waals surface area contributed by atoms with Crippen molar-refractivity contribution in [2.24, 2.45) is 5.92 Å². The summed E-state index contributed by atoms with van der Waals surface area (Å²) in [5, 5.41) is 0.769. The number of anilines is 2. The Morgan fingerprint density at radius 2 is 2.18 bits per heavy atom. The van der Waals surface area contributed by atoms with E-state index in [1.807, 2.05) is 18.2 Å². The van der Waals surface area contributed by atoms with E-state index in [4.69, 9.17) is 17.3 Å². The maximum atomic E-state index is 6.05. The van der Waals surface area contributed by atoms with Gasteiger partial charge < -0.3 is 10.6 Å². The van der Waals surface area contributed by atoms with Crippen LogP contribution in [0.4, 0.5) is 11.4 Å². The Bertz CT molecular complexity index is 378. The van der Waals surface area contributed by atoms with Crippen LogP contribution in [0.2, 0.25) is 5.02 Å². The first-order valence-corrected chi connectivity index (χ1v) is 6.88. The SMILES string of the molecule is CCC1CCCN(c2cc(Cl)ccc2N)CC1. The van der Waals surface area contributed by atoms with Crippen LogP contribution in [0.25, 0.3) is 0 Å². The molecule has 2 rings (SSSR count). The highest BCUT2D eigenvalue weighted by Gasteiger charge is 2.17. The molecule has 0 spiro atoms. The van der Waals surface area contributed by atoms with Crippen LogP contribution < -0.4 is 10.6 Å². The lowest BCUT2D eigenvalue weighted by Crippen LogP contribution is -2.25. The fraction of sp³-hybridized carbons (Fsp3) is 0.571. The normalized spacial score (nSPS) is 21.3. The molecule has 0 aromatic heterocycles. The second-order valence-corrected chi connectivity index (χ2v) is 5.33. The number of nitrogen functional groups attached to an aromatic ring is 1. The van der Waals surface area contributed by atoms with Crippen molar-refractivity contribution in [1.82, 2.24) is 0 Å². The van der Waals surface area contributed by atoms with Crippen molar-refractivity contribution in [1.29, 1.82) is 0 Å². The van der Waals surface area contributed by atoms with Crippen LogP contribution in [0.15, 0.2) is 18.2 Å². The molecule has 2 N–H and O–H groups in total. The summed E-state index contributed by atoms with van der Waals surface area (Å²) < 4.78 is 0. The first-order chi connectivity index (χ1) is 8.20. The van der Waals surface area contributed by atoms with E-state index in [0.29, 0.717) is 0 Å². The van der Waals surface area contributed by atoms with E-state index in [1.54, 1.807) is 0 Å². The van der Waals surface area contributed by atoms with Gasteiger partial charge in [-0.1, -0.05) is 24.9 Å². The Morgan fingerprint density at radius 1 is 1.35 bits per heavy atom. The van der Waals surface area contributed by atoms with Crippen LogP contribution in [0, 0.1) is 5.92 Å². The average Bonchev–Trinajstić information content (AvgIpc) is 2.57. The molecule has 1 atom stereocenters. The first kappa shape index (κ1) is 12.6. The van der Waals surface area contributed by atoms with Gasteiger partial charge in [0.2, 0.25) is 0 Å². The molecule has 1 fully saturated rings. The zero-order chi connectivity index (χ0) is 12.3. The monoisotopic (exact) mass is 252 g/mol. The van der Waals surface area contributed by atoms with Gasteiger partial charge in [-0.15, -0.1) is 0 Å². The molecule has 0 amide bonds. The number of rotatable bonds is 2. The van der Waals surface area contributed by atoms with Gasteiger partial charge in [0.1, 0.15) is 0 Å². The van der Waals surface area contributed by atoms with Gasteiger partial charge in [-0.3, -0.25) is 0 Å². The van der Waals surface area contributed by atoms with Gasteiger partial charge in [0.25, 0.3) is 0 Å². The fourth-order valence-corrected chi connectivity index (χ4v) is 2.77. The largest absolute Gasteiger partial charge is 0.397 e. The highest BCUT2D eigenvalue weighted by atomic mass is 35.5. The Balaban J connectivity index is 2.13. The number of hydrogen-bond acceptors (Lipinski definition) is 2. The van der Waals surface area contributed by atoms with Gasteiger partial charge in [-0.2, -0.15) is 0 Å². The van der Waals surface area contributed by atoms with Gasteiger partial charge in [-0.05, 0) is 43.4 Å². The van der Waals surface area contributed by atoms with Crippen LogP contribution in [-0.2, 0) is 0 Å². The summed E-state index contributed by atoms with van der Waals surface area (Å²) in [4.78, 5) is 2.39. The zero-order valence-electron chi connectivity index (χ0n) is 10.5. The van der Waals surface area contributed by atoms with Crippen molar-refractivity contribution < 1.29 is 0 Å². The van der Waals surface area contributed by atoms with Gasteiger partial charge in [0.05, 0.1) is 11.4 Å². The minimum absolute atomic E-state index is 0.769. The summed E-state index contributed by atoms with van der Waals surface area (Å²) in [7, 11) is 0. The predicted octanol–water partition coefficient (Wildman–Crippen LogP) is 3.94. The minimum atomic E-state index is 0.769. The molecule has 94 valence electrons. The van der Waals surface area contributed by atoms with Crippen molar-refractivity contribution in [2.75, 3.05) is 23.7 Å². The lowest BCUT2D eigenvalue weighted by atomic mass is 9.98. The van der Waals surface area contributed by atoms with Crippen LogP contribution in [0.3, 0.4) is 0 Å². The summed E-state index contributed by atoms with van der Waals surface area (Å²) in [5.41, 5.74) is 7.98. The van der Waals surface area contributed by atoms with Crippen LogP contribution >= 0.6 is 11.6 Å². The highest BCUT2D eigenvalue weighted by Crippen LogP contribution is 2.30. The Kier molecular flexibility index (Phi) is 4.16. The lowest BCUT2D eigenvalue weighted by molar-refractivity contribution is 0.459. The molecule has 1 aromatic rings. The molecule has 0 bridgehead atoms. The topological polar surface area (TPSA) is 29.3 Å². The molecule has 1 unspecified atom stereocenters. The van der Waals surface area contributed by atoms with Crippen LogP contribution in [-0.4, -0.2) is 13.1 Å². The Labute approximate surface area is 109 Å². The molecule has 3 heteroatoms. The predicted molar refractivity (Wildman–Crippen MR) is 75.7 cm³/mol. The van der Waals surface area contributed by atoms with Gasteiger partial charge in [0.15, 0.2) is 0 Å². The molecule has 1 saturated heterocycles. The van der Waals surface area contributed by atoms with E-state index in [-0.39, 0.29) is 0 Å². The third-order valence-corrected chi connectivity index (χ3v) is 3.99. The van der Waals surface area contributed by atoms with Crippen molar-refractivity contribution in [3.63, 3.8) is 0 Å². The summed E-state index contributed by atoms with van der Waals surface area (Å²) in [5.74, 6) is 0.875. The third-order valence-electron chi connectivity index (χ3n) is 3.76. The molecule has 1 aliphatic heterocycles. The van der Waals surface area contributed by atoms with Crippen molar-refractivity contribution in [2.45, 2.75) is 32.6 Å². The number of hydrogen-bond donors (Lipinski definition) is 1. The fourth-order valence-electron chi connectivity index (χ4n) is 2.61. The van der Waals surface area contributed by atoms with Crippen LogP contribution in [0.1, 0.15) is 32.6 Å². The third kappa shape index (κ3) is 3.06. The highest BCUT2D eigenvalue weighted by molar-refractivity contribution is 6.31. The number of halogens is 1. The molecule has 2 nitrogen and oxygen atoms in total. The molecule has 1 aromatic carbocycles. The minimum Gasteiger partial charge on any atom is -0.397 e. The van der Waals surface area contributed by atoms with Gasteiger partial charge >= 0.3 is 0 Å². The average molecular weight is 253 g/mol. The Morgan fingerprint density at radius 3 is 2.94 bits per heavy atom. The van der Waals surface area contributed by atoms with Crippen molar-refractivity contribution >= 4 is 23.0 Å². The summed E-state index contributed by atoms with van der Waals surface area (Å²) >= 11 is 6.05. The van der Waals surface area contributed by atoms with E-state index in [1.165, 1.54) is 25.7 Å². The summed E-state index contributed by atoms with van der Waals surface area (Å²) in [6, 6.07) is 5.75. The number of benzene rings is 1. The van der Waals surface area contributed by atoms with E-state index < -0.39 is 0 Å².